The Labute approximate surface area is 114 Å². The minimum atomic E-state index is 0.264. The zero-order chi connectivity index (χ0) is 13.5. The summed E-state index contributed by atoms with van der Waals surface area (Å²) in [6, 6.07) is 16.1. The van der Waals surface area contributed by atoms with Crippen LogP contribution in [0.25, 0.3) is 11.1 Å². The molecular weight excluding hydrogens is 236 g/mol. The molecule has 1 N–H and O–H groups in total. The van der Waals surface area contributed by atoms with Crippen molar-refractivity contribution in [2.45, 2.75) is 26.2 Å². The lowest BCUT2D eigenvalue weighted by Crippen LogP contribution is -1.96. The lowest BCUT2D eigenvalue weighted by molar-refractivity contribution is 0.306. The van der Waals surface area contributed by atoms with Crippen LogP contribution in [0.2, 0.25) is 0 Å². The third-order valence-electron chi connectivity index (χ3n) is 2.95. The van der Waals surface area contributed by atoms with Gasteiger partial charge in [0.2, 0.25) is 0 Å². The summed E-state index contributed by atoms with van der Waals surface area (Å²) >= 11 is 0. The van der Waals surface area contributed by atoms with E-state index in [0.717, 1.165) is 29.9 Å². The van der Waals surface area contributed by atoms with Crippen molar-refractivity contribution in [3.05, 3.63) is 48.5 Å². The molecule has 99 valence electrons. The van der Waals surface area contributed by atoms with Crippen molar-refractivity contribution in [3.63, 3.8) is 0 Å². The second-order valence-electron chi connectivity index (χ2n) is 4.54. The molecule has 0 saturated carbocycles. The maximum absolute atomic E-state index is 9.50. The summed E-state index contributed by atoms with van der Waals surface area (Å²) in [5.74, 6) is 1.12. The van der Waals surface area contributed by atoms with Gasteiger partial charge in [-0.1, -0.05) is 38.0 Å². The average molecular weight is 255 g/mol. The van der Waals surface area contributed by atoms with Crippen LogP contribution < -0.4 is 4.74 Å². The first kappa shape index (κ1) is 13.5. The summed E-state index contributed by atoms with van der Waals surface area (Å²) in [5.41, 5.74) is 1.88. The summed E-state index contributed by atoms with van der Waals surface area (Å²) in [5, 5.41) is 9.50. The van der Waals surface area contributed by atoms with Crippen LogP contribution in [-0.2, 0) is 0 Å². The summed E-state index contributed by atoms with van der Waals surface area (Å²) in [7, 11) is 0. The molecule has 0 spiro atoms. The van der Waals surface area contributed by atoms with Crippen LogP contribution in [0.4, 0.5) is 0 Å². The van der Waals surface area contributed by atoms with E-state index in [0.29, 0.717) is 0 Å². The molecule has 0 fully saturated rings. The zero-order valence-corrected chi connectivity index (χ0v) is 11.2. The molecular formula is C17H19O2. The molecule has 2 heteroatoms. The molecule has 0 atom stereocenters. The Bertz CT molecular complexity index is 520. The Morgan fingerprint density at radius 1 is 1.16 bits per heavy atom. The molecule has 0 aliphatic carbocycles. The number of rotatable bonds is 6. The minimum absolute atomic E-state index is 0.264. The number of ether oxygens (including phenoxy) is 1. The molecule has 0 aliphatic heterocycles. The number of hydrogen-bond acceptors (Lipinski definition) is 2. The van der Waals surface area contributed by atoms with E-state index in [1.165, 1.54) is 12.8 Å². The van der Waals surface area contributed by atoms with Gasteiger partial charge in [0, 0.05) is 0 Å². The highest BCUT2D eigenvalue weighted by Gasteiger charge is 2.01. The Morgan fingerprint density at radius 2 is 2.05 bits per heavy atom. The molecule has 19 heavy (non-hydrogen) atoms. The van der Waals surface area contributed by atoms with Crippen molar-refractivity contribution in [2.24, 2.45) is 0 Å². The fraction of sp³-hybridized carbons (Fsp3) is 0.294. The topological polar surface area (TPSA) is 29.5 Å². The number of hydrogen-bond donors (Lipinski definition) is 1. The Kier molecular flexibility index (Phi) is 4.85. The molecule has 0 aromatic heterocycles. The van der Waals surface area contributed by atoms with Crippen LogP contribution in [0.15, 0.2) is 42.5 Å². The van der Waals surface area contributed by atoms with Gasteiger partial charge in [0.15, 0.2) is 0 Å². The predicted molar refractivity (Wildman–Crippen MR) is 77.4 cm³/mol. The maximum atomic E-state index is 9.50. The zero-order valence-electron chi connectivity index (χ0n) is 11.2. The van der Waals surface area contributed by atoms with Crippen molar-refractivity contribution >= 4 is 0 Å². The van der Waals surface area contributed by atoms with E-state index in [1.54, 1.807) is 12.1 Å². The van der Waals surface area contributed by atoms with Gasteiger partial charge in [-0.3, -0.25) is 0 Å². The number of phenolic OH excluding ortho intramolecular Hbond substituents is 1. The summed E-state index contributed by atoms with van der Waals surface area (Å²) < 4.78 is 5.72. The van der Waals surface area contributed by atoms with Crippen molar-refractivity contribution < 1.29 is 9.84 Å². The van der Waals surface area contributed by atoms with Gasteiger partial charge in [-0.05, 0) is 47.9 Å². The second-order valence-corrected chi connectivity index (χ2v) is 4.54. The normalized spacial score (nSPS) is 10.4. The standard InChI is InChI=1S/C17H19O2/c1-2-3-4-11-19-17-10-6-8-15(13-17)14-7-5-9-16(18)12-14/h5-7,9-10,12-13,18H,2-4,11H2,1H3. The molecule has 0 amide bonds. The van der Waals surface area contributed by atoms with Crippen LogP contribution in [0.5, 0.6) is 11.5 Å². The fourth-order valence-corrected chi connectivity index (χ4v) is 1.92. The van der Waals surface area contributed by atoms with E-state index < -0.39 is 0 Å². The van der Waals surface area contributed by atoms with Crippen molar-refractivity contribution in [3.8, 4) is 22.6 Å². The van der Waals surface area contributed by atoms with Crippen molar-refractivity contribution in [1.82, 2.24) is 0 Å². The second kappa shape index (κ2) is 6.83. The molecule has 2 rings (SSSR count). The molecule has 2 aromatic carbocycles. The van der Waals surface area contributed by atoms with Crippen LogP contribution in [0.3, 0.4) is 0 Å². The smallest absolute Gasteiger partial charge is 0.119 e. The van der Waals surface area contributed by atoms with Gasteiger partial charge < -0.3 is 9.84 Å². The first-order valence-corrected chi connectivity index (χ1v) is 6.73. The van der Waals surface area contributed by atoms with Crippen LogP contribution in [0.1, 0.15) is 26.2 Å². The van der Waals surface area contributed by atoms with Gasteiger partial charge in [0.05, 0.1) is 6.61 Å². The summed E-state index contributed by atoms with van der Waals surface area (Å²) in [6.45, 7) is 2.93. The number of unbranched alkanes of at least 4 members (excludes halogenated alkanes) is 2. The highest BCUT2D eigenvalue weighted by atomic mass is 16.5. The predicted octanol–water partition coefficient (Wildman–Crippen LogP) is 4.43. The number of aromatic hydroxyl groups is 1. The highest BCUT2D eigenvalue weighted by molar-refractivity contribution is 5.65. The van der Waals surface area contributed by atoms with E-state index >= 15 is 0 Å². The lowest BCUT2D eigenvalue weighted by atomic mass is 10.1. The average Bonchev–Trinajstić information content (AvgIpc) is 2.44. The first-order valence-electron chi connectivity index (χ1n) is 6.73. The van der Waals surface area contributed by atoms with Crippen LogP contribution in [0, 0.1) is 6.07 Å². The maximum Gasteiger partial charge on any atom is 0.119 e. The molecule has 0 unspecified atom stereocenters. The molecule has 2 nitrogen and oxygen atoms in total. The van der Waals surface area contributed by atoms with Gasteiger partial charge in [-0.2, -0.15) is 0 Å². The molecule has 1 radical (unpaired) electrons. The Morgan fingerprint density at radius 3 is 2.84 bits per heavy atom. The van der Waals surface area contributed by atoms with Gasteiger partial charge in [-0.15, -0.1) is 0 Å². The Hall–Kier alpha value is -1.96. The van der Waals surface area contributed by atoms with E-state index in [-0.39, 0.29) is 5.75 Å². The monoisotopic (exact) mass is 255 g/mol. The molecule has 0 saturated heterocycles. The third kappa shape index (κ3) is 4.02. The molecule has 0 aliphatic rings. The van der Waals surface area contributed by atoms with Crippen LogP contribution >= 0.6 is 0 Å². The molecule has 0 heterocycles. The molecule has 0 bridgehead atoms. The van der Waals surface area contributed by atoms with Gasteiger partial charge in [0.1, 0.15) is 11.5 Å². The van der Waals surface area contributed by atoms with E-state index in [4.69, 9.17) is 4.74 Å². The van der Waals surface area contributed by atoms with E-state index in [9.17, 15) is 5.11 Å². The SMILES string of the molecule is CCCCCOc1cc[c]c(-c2cccc(O)c2)c1. The highest BCUT2D eigenvalue weighted by Crippen LogP contribution is 2.26. The Balaban J connectivity index is 2.06. The quantitative estimate of drug-likeness (QED) is 0.774. The van der Waals surface area contributed by atoms with Crippen molar-refractivity contribution in [2.75, 3.05) is 6.61 Å². The van der Waals surface area contributed by atoms with Gasteiger partial charge >= 0.3 is 0 Å². The van der Waals surface area contributed by atoms with Gasteiger partial charge in [0.25, 0.3) is 0 Å². The number of phenols is 1. The minimum Gasteiger partial charge on any atom is -0.508 e. The van der Waals surface area contributed by atoms with E-state index in [2.05, 4.69) is 13.0 Å². The van der Waals surface area contributed by atoms with Crippen LogP contribution in [-0.4, -0.2) is 11.7 Å². The molecule has 2 aromatic rings. The summed E-state index contributed by atoms with van der Waals surface area (Å²) in [6.07, 6.45) is 3.47. The largest absolute Gasteiger partial charge is 0.508 e. The third-order valence-corrected chi connectivity index (χ3v) is 2.95. The number of benzene rings is 2. The lowest BCUT2D eigenvalue weighted by Gasteiger charge is -2.08. The van der Waals surface area contributed by atoms with E-state index in [1.807, 2.05) is 30.3 Å². The summed E-state index contributed by atoms with van der Waals surface area (Å²) in [4.78, 5) is 0. The van der Waals surface area contributed by atoms with Crippen molar-refractivity contribution in [1.29, 1.82) is 0 Å². The first-order chi connectivity index (χ1) is 9.29. The fourth-order valence-electron chi connectivity index (χ4n) is 1.92. The van der Waals surface area contributed by atoms with Gasteiger partial charge in [-0.25, -0.2) is 0 Å².